The number of benzene rings is 1. The number of nitrogens with one attached hydrogen (secondary N) is 1. The van der Waals surface area contributed by atoms with Crippen LogP contribution in [0.25, 0.3) is 0 Å². The Labute approximate surface area is 120 Å². The highest BCUT2D eigenvalue weighted by Crippen LogP contribution is 2.27. The average molecular weight is 296 g/mol. The van der Waals surface area contributed by atoms with E-state index < -0.39 is 5.91 Å². The second-order valence-electron chi connectivity index (χ2n) is 4.23. The lowest BCUT2D eigenvalue weighted by Crippen LogP contribution is -2.12. The molecule has 3 N–H and O–H groups in total. The lowest BCUT2D eigenvalue weighted by molar-refractivity contribution is 0.100. The quantitative estimate of drug-likeness (QED) is 0.908. The van der Waals surface area contributed by atoms with Crippen LogP contribution >= 0.6 is 22.9 Å². The van der Waals surface area contributed by atoms with Crippen molar-refractivity contribution in [3.8, 4) is 0 Å². The molecule has 0 bridgehead atoms. The number of primary amides is 1. The number of carbonyl (C=O) groups excluding carboxylic acids is 1. The standard InChI is InChI=1S/C13H14ClN3OS/c1-7-12(19-6-16-7)8(2)17-9-3-4-10(13(15)18)11(14)5-9/h3-6,8,17H,1-2H3,(H2,15,18). The Balaban J connectivity index is 2.18. The van der Waals surface area contributed by atoms with Gasteiger partial charge in [0.15, 0.2) is 0 Å². The highest BCUT2D eigenvalue weighted by atomic mass is 35.5. The average Bonchev–Trinajstić information content (AvgIpc) is 2.75. The first-order valence-corrected chi connectivity index (χ1v) is 7.00. The van der Waals surface area contributed by atoms with E-state index in [1.54, 1.807) is 29.5 Å². The topological polar surface area (TPSA) is 68.0 Å². The van der Waals surface area contributed by atoms with Crippen LogP contribution in [0.1, 0.15) is 33.9 Å². The number of hydrogen-bond acceptors (Lipinski definition) is 4. The van der Waals surface area contributed by atoms with Gasteiger partial charge < -0.3 is 11.1 Å². The van der Waals surface area contributed by atoms with Crippen molar-refractivity contribution < 1.29 is 4.79 Å². The van der Waals surface area contributed by atoms with Gasteiger partial charge in [-0.15, -0.1) is 11.3 Å². The number of hydrogen-bond donors (Lipinski definition) is 2. The molecule has 1 aromatic heterocycles. The summed E-state index contributed by atoms with van der Waals surface area (Å²) in [5.74, 6) is -0.525. The maximum atomic E-state index is 11.1. The summed E-state index contributed by atoms with van der Waals surface area (Å²) >= 11 is 7.62. The third kappa shape index (κ3) is 3.05. The Morgan fingerprint density at radius 3 is 2.79 bits per heavy atom. The van der Waals surface area contributed by atoms with Gasteiger partial charge in [0.2, 0.25) is 5.91 Å². The Kier molecular flexibility index (Phi) is 4.07. The van der Waals surface area contributed by atoms with Crippen LogP contribution < -0.4 is 11.1 Å². The fraction of sp³-hybridized carbons (Fsp3) is 0.231. The van der Waals surface area contributed by atoms with Crippen molar-refractivity contribution in [2.75, 3.05) is 5.32 Å². The number of aryl methyl sites for hydroxylation is 1. The van der Waals surface area contributed by atoms with Crippen LogP contribution in [0.4, 0.5) is 5.69 Å². The van der Waals surface area contributed by atoms with E-state index in [0.29, 0.717) is 10.6 Å². The van der Waals surface area contributed by atoms with Crippen molar-refractivity contribution in [1.29, 1.82) is 0 Å². The molecule has 2 rings (SSSR count). The highest BCUT2D eigenvalue weighted by Gasteiger charge is 2.12. The third-order valence-corrected chi connectivity index (χ3v) is 4.22. The van der Waals surface area contributed by atoms with Crippen molar-refractivity contribution >= 4 is 34.5 Å². The summed E-state index contributed by atoms with van der Waals surface area (Å²) in [4.78, 5) is 16.5. The fourth-order valence-electron chi connectivity index (χ4n) is 1.85. The Morgan fingerprint density at radius 2 is 2.26 bits per heavy atom. The molecule has 1 amide bonds. The number of anilines is 1. The van der Waals surface area contributed by atoms with Crippen LogP contribution in [0.3, 0.4) is 0 Å². The maximum absolute atomic E-state index is 11.1. The first kappa shape index (κ1) is 13.8. The molecule has 0 spiro atoms. The molecule has 1 unspecified atom stereocenters. The minimum absolute atomic E-state index is 0.128. The number of rotatable bonds is 4. The molecule has 0 radical (unpaired) electrons. The van der Waals surface area contributed by atoms with Crippen molar-refractivity contribution in [2.24, 2.45) is 5.73 Å². The minimum Gasteiger partial charge on any atom is -0.378 e. The van der Waals surface area contributed by atoms with E-state index in [9.17, 15) is 4.79 Å². The van der Waals surface area contributed by atoms with Crippen LogP contribution in [-0.2, 0) is 0 Å². The van der Waals surface area contributed by atoms with Gasteiger partial charge in [-0.1, -0.05) is 11.6 Å². The van der Waals surface area contributed by atoms with Crippen LogP contribution in [0.5, 0.6) is 0 Å². The van der Waals surface area contributed by atoms with E-state index in [1.165, 1.54) is 4.88 Å². The summed E-state index contributed by atoms with van der Waals surface area (Å²) < 4.78 is 0. The molecular weight excluding hydrogens is 282 g/mol. The largest absolute Gasteiger partial charge is 0.378 e. The molecule has 0 saturated carbocycles. The number of nitrogens with zero attached hydrogens (tertiary/aromatic N) is 1. The molecule has 0 aliphatic heterocycles. The van der Waals surface area contributed by atoms with Crippen molar-refractivity contribution in [1.82, 2.24) is 4.98 Å². The van der Waals surface area contributed by atoms with Gasteiger partial charge in [-0.25, -0.2) is 4.98 Å². The molecule has 4 nitrogen and oxygen atoms in total. The molecule has 1 atom stereocenters. The summed E-state index contributed by atoms with van der Waals surface area (Å²) in [6.07, 6.45) is 0. The van der Waals surface area contributed by atoms with E-state index in [2.05, 4.69) is 17.2 Å². The molecule has 100 valence electrons. The van der Waals surface area contributed by atoms with Gasteiger partial charge in [0.1, 0.15) is 0 Å². The van der Waals surface area contributed by atoms with Gasteiger partial charge in [-0.3, -0.25) is 4.79 Å². The SMILES string of the molecule is Cc1ncsc1C(C)Nc1ccc(C(N)=O)c(Cl)c1. The van der Waals surface area contributed by atoms with Crippen molar-refractivity contribution in [2.45, 2.75) is 19.9 Å². The first-order chi connectivity index (χ1) is 8.99. The zero-order chi connectivity index (χ0) is 14.0. The first-order valence-electron chi connectivity index (χ1n) is 5.75. The minimum atomic E-state index is -0.525. The van der Waals surface area contributed by atoms with Gasteiger partial charge in [0.25, 0.3) is 0 Å². The lowest BCUT2D eigenvalue weighted by atomic mass is 10.1. The predicted molar refractivity (Wildman–Crippen MR) is 78.9 cm³/mol. The van der Waals surface area contributed by atoms with E-state index in [0.717, 1.165) is 11.4 Å². The van der Waals surface area contributed by atoms with Crippen molar-refractivity contribution in [3.05, 3.63) is 44.9 Å². The molecule has 0 saturated heterocycles. The van der Waals surface area contributed by atoms with Crippen LogP contribution in [0.2, 0.25) is 5.02 Å². The summed E-state index contributed by atoms with van der Waals surface area (Å²) in [5.41, 5.74) is 9.23. The molecular formula is C13H14ClN3OS. The van der Waals surface area contributed by atoms with Gasteiger partial charge in [-0.05, 0) is 32.0 Å². The van der Waals surface area contributed by atoms with E-state index >= 15 is 0 Å². The van der Waals surface area contributed by atoms with Crippen LogP contribution in [0, 0.1) is 6.92 Å². The monoisotopic (exact) mass is 295 g/mol. The molecule has 0 aliphatic rings. The Hall–Kier alpha value is -1.59. The maximum Gasteiger partial charge on any atom is 0.250 e. The summed E-state index contributed by atoms with van der Waals surface area (Å²) in [7, 11) is 0. The summed E-state index contributed by atoms with van der Waals surface area (Å²) in [6.45, 7) is 4.03. The molecule has 0 aliphatic carbocycles. The van der Waals surface area contributed by atoms with Crippen molar-refractivity contribution in [3.63, 3.8) is 0 Å². The van der Waals surface area contributed by atoms with E-state index in [-0.39, 0.29) is 6.04 Å². The number of halogens is 1. The Morgan fingerprint density at radius 1 is 1.53 bits per heavy atom. The molecule has 6 heteroatoms. The zero-order valence-electron chi connectivity index (χ0n) is 10.6. The molecule has 1 heterocycles. The molecule has 0 fully saturated rings. The van der Waals surface area contributed by atoms with Crippen LogP contribution in [0.15, 0.2) is 23.7 Å². The van der Waals surface area contributed by atoms with Crippen LogP contribution in [-0.4, -0.2) is 10.9 Å². The lowest BCUT2D eigenvalue weighted by Gasteiger charge is -2.15. The Bertz CT molecular complexity index is 612. The van der Waals surface area contributed by atoms with Gasteiger partial charge in [0.05, 0.1) is 27.8 Å². The van der Waals surface area contributed by atoms with Gasteiger partial charge >= 0.3 is 0 Å². The molecule has 2 aromatic rings. The molecule has 19 heavy (non-hydrogen) atoms. The fourth-order valence-corrected chi connectivity index (χ4v) is 2.93. The number of carbonyl (C=O) groups is 1. The summed E-state index contributed by atoms with van der Waals surface area (Å²) in [6, 6.07) is 5.25. The number of amides is 1. The predicted octanol–water partition coefficient (Wildman–Crippen LogP) is 3.38. The van der Waals surface area contributed by atoms with E-state index in [4.69, 9.17) is 17.3 Å². The normalized spacial score (nSPS) is 12.2. The van der Waals surface area contributed by atoms with Gasteiger partial charge in [0, 0.05) is 10.6 Å². The number of thiazole rings is 1. The third-order valence-electron chi connectivity index (χ3n) is 2.79. The highest BCUT2D eigenvalue weighted by molar-refractivity contribution is 7.09. The molecule has 1 aromatic carbocycles. The van der Waals surface area contributed by atoms with E-state index in [1.807, 2.05) is 12.4 Å². The smallest absolute Gasteiger partial charge is 0.250 e. The van der Waals surface area contributed by atoms with Gasteiger partial charge in [-0.2, -0.15) is 0 Å². The number of aromatic nitrogens is 1. The zero-order valence-corrected chi connectivity index (χ0v) is 12.2. The number of nitrogens with two attached hydrogens (primary N) is 1. The summed E-state index contributed by atoms with van der Waals surface area (Å²) in [5, 5.41) is 3.68. The second-order valence-corrected chi connectivity index (χ2v) is 5.52. The second kappa shape index (κ2) is 5.59.